The van der Waals surface area contributed by atoms with Crippen LogP contribution in [0.25, 0.3) is 0 Å². The van der Waals surface area contributed by atoms with Gasteiger partial charge in [-0.05, 0) is 64.5 Å². The third kappa shape index (κ3) is 5.25. The Kier molecular flexibility index (Phi) is 7.01. The molecule has 2 fully saturated rings. The van der Waals surface area contributed by atoms with Crippen molar-refractivity contribution in [3.8, 4) is 0 Å². The number of rotatable bonds is 7. The Hall–Kier alpha value is -0.0800. The van der Waals surface area contributed by atoms with E-state index < -0.39 is 0 Å². The maximum atomic E-state index is 3.90. The fourth-order valence-electron chi connectivity index (χ4n) is 4.23. The third-order valence-electron chi connectivity index (χ3n) is 5.77. The zero-order valence-corrected chi connectivity index (χ0v) is 14.8. The first-order valence-corrected chi connectivity index (χ1v) is 9.61. The van der Waals surface area contributed by atoms with E-state index in [-0.39, 0.29) is 0 Å². The molecule has 1 atom stereocenters. The molecule has 0 aromatic rings. The van der Waals surface area contributed by atoms with E-state index in [1.165, 1.54) is 83.8 Å². The molecule has 0 amide bonds. The van der Waals surface area contributed by atoms with Crippen LogP contribution >= 0.6 is 0 Å². The van der Waals surface area contributed by atoms with Crippen LogP contribution in [-0.4, -0.2) is 36.1 Å². The molecule has 0 aromatic carbocycles. The zero-order chi connectivity index (χ0) is 15.1. The second kappa shape index (κ2) is 8.53. The van der Waals surface area contributed by atoms with E-state index in [9.17, 15) is 0 Å². The Bertz CT molecular complexity index is 275. The van der Waals surface area contributed by atoms with Crippen LogP contribution in [0.5, 0.6) is 0 Å². The number of likely N-dealkylation sites (tertiary alicyclic amines) is 1. The molecule has 0 bridgehead atoms. The number of hydrogen-bond acceptors (Lipinski definition) is 2. The van der Waals surface area contributed by atoms with Gasteiger partial charge in [0.1, 0.15) is 0 Å². The van der Waals surface area contributed by atoms with Gasteiger partial charge in [0.25, 0.3) is 0 Å². The Morgan fingerprint density at radius 2 is 1.48 bits per heavy atom. The first kappa shape index (κ1) is 17.3. The van der Waals surface area contributed by atoms with Gasteiger partial charge in [-0.2, -0.15) is 0 Å². The predicted octanol–water partition coefficient (Wildman–Crippen LogP) is 4.59. The van der Waals surface area contributed by atoms with Gasteiger partial charge in [-0.1, -0.05) is 39.5 Å². The van der Waals surface area contributed by atoms with Crippen molar-refractivity contribution in [1.29, 1.82) is 0 Å². The van der Waals surface area contributed by atoms with Gasteiger partial charge >= 0.3 is 0 Å². The molecule has 1 saturated heterocycles. The van der Waals surface area contributed by atoms with Crippen LogP contribution in [0.3, 0.4) is 0 Å². The minimum absolute atomic E-state index is 0.491. The molecule has 2 aliphatic rings. The van der Waals surface area contributed by atoms with Gasteiger partial charge in [-0.15, -0.1) is 0 Å². The van der Waals surface area contributed by atoms with Crippen LogP contribution in [0.15, 0.2) is 0 Å². The summed E-state index contributed by atoms with van der Waals surface area (Å²) < 4.78 is 0. The van der Waals surface area contributed by atoms with Crippen molar-refractivity contribution in [2.75, 3.05) is 19.6 Å². The van der Waals surface area contributed by atoms with Crippen molar-refractivity contribution in [3.05, 3.63) is 0 Å². The van der Waals surface area contributed by atoms with Gasteiger partial charge in [0.15, 0.2) is 0 Å². The molecule has 0 radical (unpaired) electrons. The molecule has 2 rings (SSSR count). The van der Waals surface area contributed by atoms with Gasteiger partial charge in [0.2, 0.25) is 0 Å². The monoisotopic (exact) mass is 294 g/mol. The van der Waals surface area contributed by atoms with Crippen molar-refractivity contribution in [2.45, 2.75) is 96.6 Å². The summed E-state index contributed by atoms with van der Waals surface area (Å²) in [5, 5.41) is 3.90. The van der Waals surface area contributed by atoms with Crippen molar-refractivity contribution in [3.63, 3.8) is 0 Å². The van der Waals surface area contributed by atoms with Crippen LogP contribution in [0.1, 0.15) is 85.0 Å². The minimum Gasteiger partial charge on any atom is -0.312 e. The molecule has 0 spiro atoms. The van der Waals surface area contributed by atoms with Crippen LogP contribution in [0.4, 0.5) is 0 Å². The van der Waals surface area contributed by atoms with Gasteiger partial charge in [-0.25, -0.2) is 0 Å². The summed E-state index contributed by atoms with van der Waals surface area (Å²) >= 11 is 0. The quantitative estimate of drug-likeness (QED) is 0.739. The van der Waals surface area contributed by atoms with Crippen LogP contribution < -0.4 is 5.32 Å². The fraction of sp³-hybridized carbons (Fsp3) is 1.00. The molecular formula is C19H38N2. The van der Waals surface area contributed by atoms with Crippen LogP contribution in [0.2, 0.25) is 0 Å². The molecule has 21 heavy (non-hydrogen) atoms. The van der Waals surface area contributed by atoms with E-state index in [0.29, 0.717) is 11.6 Å². The molecule has 2 nitrogen and oxygen atoms in total. The zero-order valence-electron chi connectivity index (χ0n) is 14.8. The summed E-state index contributed by atoms with van der Waals surface area (Å²) in [6.45, 7) is 11.0. The fourth-order valence-corrected chi connectivity index (χ4v) is 4.23. The van der Waals surface area contributed by atoms with E-state index in [0.717, 1.165) is 5.92 Å². The smallest absolute Gasteiger partial charge is 0.0334 e. The molecule has 1 aliphatic heterocycles. The Morgan fingerprint density at radius 3 is 2.10 bits per heavy atom. The van der Waals surface area contributed by atoms with Gasteiger partial charge in [-0.3, -0.25) is 4.90 Å². The molecule has 1 saturated carbocycles. The summed E-state index contributed by atoms with van der Waals surface area (Å²) in [4.78, 5) is 2.86. The number of hydrogen-bond donors (Lipinski definition) is 1. The molecular weight excluding hydrogens is 256 g/mol. The SMILES string of the molecule is CC(C)CCC(C)NCC1(N2CCCCC2)CCCCC1. The lowest BCUT2D eigenvalue weighted by molar-refractivity contribution is 0.0315. The molecule has 1 aliphatic carbocycles. The van der Waals surface area contributed by atoms with E-state index in [1.54, 1.807) is 0 Å². The molecule has 2 heteroatoms. The first-order valence-electron chi connectivity index (χ1n) is 9.61. The standard InChI is InChI=1S/C19H38N2/c1-17(2)10-11-18(3)20-16-19(12-6-4-7-13-19)21-14-8-5-9-15-21/h17-18,20H,4-16H2,1-3H3. The average molecular weight is 295 g/mol. The largest absolute Gasteiger partial charge is 0.312 e. The molecule has 124 valence electrons. The lowest BCUT2D eigenvalue weighted by atomic mass is 9.79. The van der Waals surface area contributed by atoms with E-state index in [2.05, 4.69) is 31.0 Å². The topological polar surface area (TPSA) is 15.3 Å². The van der Waals surface area contributed by atoms with Crippen molar-refractivity contribution < 1.29 is 0 Å². The summed E-state index contributed by atoms with van der Waals surface area (Å²) in [6.07, 6.45) is 14.2. The first-order chi connectivity index (χ1) is 10.1. The molecule has 0 aromatic heterocycles. The third-order valence-corrected chi connectivity index (χ3v) is 5.77. The lowest BCUT2D eigenvalue weighted by Crippen LogP contribution is -2.58. The number of nitrogens with zero attached hydrogens (tertiary/aromatic N) is 1. The number of piperidine rings is 1. The summed E-state index contributed by atoms with van der Waals surface area (Å²) in [6, 6.07) is 0.677. The van der Waals surface area contributed by atoms with Crippen LogP contribution in [0, 0.1) is 5.92 Å². The number of nitrogens with one attached hydrogen (secondary N) is 1. The highest BCUT2D eigenvalue weighted by molar-refractivity contribution is 4.96. The lowest BCUT2D eigenvalue weighted by Gasteiger charge is -2.49. The average Bonchev–Trinajstić information content (AvgIpc) is 2.52. The van der Waals surface area contributed by atoms with Crippen molar-refractivity contribution in [2.24, 2.45) is 5.92 Å². The second-order valence-electron chi connectivity index (χ2n) is 8.09. The van der Waals surface area contributed by atoms with E-state index in [4.69, 9.17) is 0 Å². The van der Waals surface area contributed by atoms with Crippen LogP contribution in [-0.2, 0) is 0 Å². The highest BCUT2D eigenvalue weighted by Crippen LogP contribution is 2.35. The molecule has 1 unspecified atom stereocenters. The van der Waals surface area contributed by atoms with E-state index in [1.807, 2.05) is 0 Å². The normalized spacial score (nSPS) is 25.1. The Morgan fingerprint density at radius 1 is 0.857 bits per heavy atom. The van der Waals surface area contributed by atoms with Gasteiger partial charge < -0.3 is 5.32 Å². The highest BCUT2D eigenvalue weighted by Gasteiger charge is 2.38. The summed E-state index contributed by atoms with van der Waals surface area (Å²) in [5.41, 5.74) is 0.491. The van der Waals surface area contributed by atoms with Gasteiger partial charge in [0.05, 0.1) is 0 Å². The molecule has 1 heterocycles. The van der Waals surface area contributed by atoms with Crippen molar-refractivity contribution >= 4 is 0 Å². The van der Waals surface area contributed by atoms with Crippen molar-refractivity contribution in [1.82, 2.24) is 10.2 Å². The van der Waals surface area contributed by atoms with Gasteiger partial charge in [0, 0.05) is 18.1 Å². The maximum Gasteiger partial charge on any atom is 0.0334 e. The summed E-state index contributed by atoms with van der Waals surface area (Å²) in [7, 11) is 0. The highest BCUT2D eigenvalue weighted by atomic mass is 15.2. The second-order valence-corrected chi connectivity index (χ2v) is 8.09. The Labute approximate surface area is 133 Å². The minimum atomic E-state index is 0.491. The maximum absolute atomic E-state index is 3.90. The Balaban J connectivity index is 1.86. The molecule has 1 N–H and O–H groups in total. The predicted molar refractivity (Wildman–Crippen MR) is 92.8 cm³/mol. The van der Waals surface area contributed by atoms with E-state index >= 15 is 0 Å². The summed E-state index contributed by atoms with van der Waals surface area (Å²) in [5.74, 6) is 0.833.